The van der Waals surface area contributed by atoms with Crippen LogP contribution < -0.4 is 4.74 Å². The van der Waals surface area contributed by atoms with Crippen molar-refractivity contribution >= 4 is 17.8 Å². The van der Waals surface area contributed by atoms with E-state index >= 15 is 0 Å². The Balaban J connectivity index is 1.92. The van der Waals surface area contributed by atoms with Crippen LogP contribution in [0, 0.1) is 5.41 Å². The van der Waals surface area contributed by atoms with Crippen LogP contribution >= 0.6 is 0 Å². The lowest BCUT2D eigenvalue weighted by Crippen LogP contribution is -2.63. The molecule has 2 heterocycles. The van der Waals surface area contributed by atoms with Crippen LogP contribution in [0.25, 0.3) is 0 Å². The van der Waals surface area contributed by atoms with Gasteiger partial charge in [0.25, 0.3) is 0 Å². The minimum absolute atomic E-state index is 0.194. The maximum atomic E-state index is 13.3. The summed E-state index contributed by atoms with van der Waals surface area (Å²) >= 11 is 0. The lowest BCUT2D eigenvalue weighted by molar-refractivity contribution is -0.157. The van der Waals surface area contributed by atoms with E-state index in [1.54, 1.807) is 30.6 Å². The highest BCUT2D eigenvalue weighted by molar-refractivity contribution is 6.18. The number of barbiturate groups is 1. The molecule has 0 bridgehead atoms. The van der Waals surface area contributed by atoms with Gasteiger partial charge in [0.2, 0.25) is 11.8 Å². The smallest absolute Gasteiger partial charge is 0.332 e. The van der Waals surface area contributed by atoms with Gasteiger partial charge < -0.3 is 4.74 Å². The van der Waals surface area contributed by atoms with Crippen LogP contribution in [0.5, 0.6) is 5.75 Å². The van der Waals surface area contributed by atoms with Crippen LogP contribution in [0.15, 0.2) is 61.4 Å². The van der Waals surface area contributed by atoms with Crippen LogP contribution in [0.4, 0.5) is 4.79 Å². The van der Waals surface area contributed by atoms with Gasteiger partial charge in [-0.3, -0.25) is 24.4 Å². The number of urea groups is 1. The summed E-state index contributed by atoms with van der Waals surface area (Å²) in [6.07, 6.45) is 6.00. The molecule has 1 aromatic heterocycles. The standard InChI is InChI=1S/C23H25N3O4/c1-4-15-30-19-7-5-18(6-8-19)16-23(12-9-17-10-13-24-14-11-17)20(27)25(2)22(29)26(3)21(23)28/h4-8,10-11,13-14H,1,9,12,15-16H2,2-3H3. The summed E-state index contributed by atoms with van der Waals surface area (Å²) in [5.41, 5.74) is 0.429. The van der Waals surface area contributed by atoms with Gasteiger partial charge in [0.15, 0.2) is 0 Å². The van der Waals surface area contributed by atoms with Crippen molar-refractivity contribution in [1.82, 2.24) is 14.8 Å². The molecule has 0 aliphatic carbocycles. The van der Waals surface area contributed by atoms with Crippen molar-refractivity contribution in [3.63, 3.8) is 0 Å². The van der Waals surface area contributed by atoms with Gasteiger partial charge in [-0.2, -0.15) is 0 Å². The summed E-state index contributed by atoms with van der Waals surface area (Å²) in [6, 6.07) is 10.4. The van der Waals surface area contributed by atoms with Gasteiger partial charge >= 0.3 is 6.03 Å². The van der Waals surface area contributed by atoms with E-state index in [4.69, 9.17) is 4.74 Å². The molecule has 7 heteroatoms. The van der Waals surface area contributed by atoms with Crippen molar-refractivity contribution < 1.29 is 19.1 Å². The van der Waals surface area contributed by atoms with Gasteiger partial charge in [-0.25, -0.2) is 4.79 Å². The third-order valence-electron chi connectivity index (χ3n) is 5.39. The maximum Gasteiger partial charge on any atom is 0.332 e. The molecule has 1 saturated heterocycles. The summed E-state index contributed by atoms with van der Waals surface area (Å²) in [6.45, 7) is 4.01. The van der Waals surface area contributed by atoms with Gasteiger partial charge in [-0.05, 0) is 54.7 Å². The molecule has 1 aliphatic heterocycles. The largest absolute Gasteiger partial charge is 0.490 e. The topological polar surface area (TPSA) is 79.8 Å². The maximum absolute atomic E-state index is 13.3. The highest BCUT2D eigenvalue weighted by atomic mass is 16.5. The minimum atomic E-state index is -1.36. The monoisotopic (exact) mass is 407 g/mol. The van der Waals surface area contributed by atoms with E-state index < -0.39 is 23.3 Å². The number of carbonyl (C=O) groups is 3. The number of nitrogens with zero attached hydrogens (tertiary/aromatic N) is 3. The van der Waals surface area contributed by atoms with Crippen LogP contribution in [0.1, 0.15) is 17.5 Å². The van der Waals surface area contributed by atoms with Gasteiger partial charge in [-0.15, -0.1) is 0 Å². The zero-order valence-electron chi connectivity index (χ0n) is 17.2. The van der Waals surface area contributed by atoms with E-state index in [1.807, 2.05) is 24.3 Å². The number of pyridine rings is 1. The van der Waals surface area contributed by atoms with Gasteiger partial charge in [0, 0.05) is 26.5 Å². The number of imide groups is 2. The van der Waals surface area contributed by atoms with E-state index in [1.165, 1.54) is 14.1 Å². The molecule has 0 atom stereocenters. The fourth-order valence-corrected chi connectivity index (χ4v) is 3.70. The fraction of sp³-hybridized carbons (Fsp3) is 0.304. The van der Waals surface area contributed by atoms with E-state index in [0.717, 1.165) is 20.9 Å². The Morgan fingerprint density at radius 1 is 0.967 bits per heavy atom. The number of aryl methyl sites for hydroxylation is 1. The van der Waals surface area contributed by atoms with Crippen LogP contribution in [0.3, 0.4) is 0 Å². The zero-order chi connectivity index (χ0) is 21.7. The molecule has 4 amide bonds. The van der Waals surface area contributed by atoms with Gasteiger partial charge in [-0.1, -0.05) is 24.8 Å². The number of carbonyl (C=O) groups excluding carboxylic acids is 3. The number of aromatic nitrogens is 1. The van der Waals surface area contributed by atoms with E-state index in [9.17, 15) is 14.4 Å². The average molecular weight is 407 g/mol. The summed E-state index contributed by atoms with van der Waals surface area (Å²) < 4.78 is 5.50. The molecule has 0 radical (unpaired) electrons. The van der Waals surface area contributed by atoms with Crippen molar-refractivity contribution in [3.05, 3.63) is 72.6 Å². The molecule has 1 aromatic carbocycles. The molecule has 156 valence electrons. The van der Waals surface area contributed by atoms with E-state index in [2.05, 4.69) is 11.6 Å². The summed E-state index contributed by atoms with van der Waals surface area (Å²) in [5.74, 6) is -0.275. The van der Waals surface area contributed by atoms with E-state index in [0.29, 0.717) is 18.8 Å². The first-order valence-electron chi connectivity index (χ1n) is 9.71. The number of hydrogen-bond acceptors (Lipinski definition) is 5. The zero-order valence-corrected chi connectivity index (χ0v) is 17.2. The molecule has 0 saturated carbocycles. The molecule has 30 heavy (non-hydrogen) atoms. The number of benzene rings is 1. The van der Waals surface area contributed by atoms with Gasteiger partial charge in [0.1, 0.15) is 17.8 Å². The Bertz CT molecular complexity index is 917. The Hall–Kier alpha value is -3.48. The molecule has 7 nitrogen and oxygen atoms in total. The fourth-order valence-electron chi connectivity index (χ4n) is 3.70. The first-order chi connectivity index (χ1) is 14.4. The van der Waals surface area contributed by atoms with Gasteiger partial charge in [0.05, 0.1) is 0 Å². The first kappa shape index (κ1) is 21.2. The summed E-state index contributed by atoms with van der Waals surface area (Å²) in [5, 5.41) is 0. The predicted octanol–water partition coefficient (Wildman–Crippen LogP) is 2.86. The van der Waals surface area contributed by atoms with Crippen molar-refractivity contribution in [2.24, 2.45) is 5.41 Å². The van der Waals surface area contributed by atoms with Crippen molar-refractivity contribution in [3.8, 4) is 5.75 Å². The van der Waals surface area contributed by atoms with Crippen LogP contribution in [0.2, 0.25) is 0 Å². The molecule has 0 spiro atoms. The Labute approximate surface area is 176 Å². The lowest BCUT2D eigenvalue weighted by atomic mass is 9.73. The predicted molar refractivity (Wildman–Crippen MR) is 112 cm³/mol. The van der Waals surface area contributed by atoms with Crippen LogP contribution in [-0.4, -0.2) is 53.3 Å². The number of rotatable bonds is 8. The quantitative estimate of drug-likeness (QED) is 0.497. The normalized spacial score (nSPS) is 16.0. The molecule has 0 N–H and O–H groups in total. The molecule has 1 aliphatic rings. The second-order valence-corrected chi connectivity index (χ2v) is 7.37. The number of hydrogen-bond donors (Lipinski definition) is 0. The first-order valence-corrected chi connectivity index (χ1v) is 9.71. The number of ether oxygens (including phenoxy) is 1. The number of amides is 4. The average Bonchev–Trinajstić information content (AvgIpc) is 2.78. The second kappa shape index (κ2) is 8.90. The molecular formula is C23H25N3O4. The molecule has 1 fully saturated rings. The van der Waals surface area contributed by atoms with Crippen molar-refractivity contribution in [2.45, 2.75) is 19.3 Å². The van der Waals surface area contributed by atoms with Crippen LogP contribution in [-0.2, 0) is 22.4 Å². The third kappa shape index (κ3) is 4.10. The lowest BCUT2D eigenvalue weighted by Gasteiger charge is -2.42. The van der Waals surface area contributed by atoms with E-state index in [-0.39, 0.29) is 12.8 Å². The SMILES string of the molecule is C=CCOc1ccc(CC2(CCc3ccncc3)C(=O)N(C)C(=O)N(C)C2=O)cc1. The van der Waals surface area contributed by atoms with Crippen molar-refractivity contribution in [2.75, 3.05) is 20.7 Å². The Morgan fingerprint density at radius 2 is 1.57 bits per heavy atom. The molecular weight excluding hydrogens is 382 g/mol. The molecule has 3 rings (SSSR count). The minimum Gasteiger partial charge on any atom is -0.490 e. The third-order valence-corrected chi connectivity index (χ3v) is 5.39. The highest BCUT2D eigenvalue weighted by Gasteiger charge is 2.54. The summed E-state index contributed by atoms with van der Waals surface area (Å²) in [7, 11) is 2.84. The second-order valence-electron chi connectivity index (χ2n) is 7.37. The highest BCUT2D eigenvalue weighted by Crippen LogP contribution is 2.37. The van der Waals surface area contributed by atoms with Crippen molar-refractivity contribution in [1.29, 1.82) is 0 Å². The summed E-state index contributed by atoms with van der Waals surface area (Å²) in [4.78, 5) is 44.9. The Morgan fingerprint density at radius 3 is 2.13 bits per heavy atom. The molecule has 0 unspecified atom stereocenters. The molecule has 2 aromatic rings. The Kier molecular flexibility index (Phi) is 6.30.